The summed E-state index contributed by atoms with van der Waals surface area (Å²) in [5, 5.41) is 9.72. The molecule has 1 aliphatic rings. The largest absolute Gasteiger partial charge is 0.466 e. The Bertz CT molecular complexity index is 593. The highest BCUT2D eigenvalue weighted by atomic mass is 16.6. The van der Waals surface area contributed by atoms with E-state index in [-0.39, 0.29) is 11.7 Å². The highest BCUT2D eigenvalue weighted by Gasteiger charge is 2.28. The highest BCUT2D eigenvalue weighted by Crippen LogP contribution is 2.16. The van der Waals surface area contributed by atoms with Crippen LogP contribution in [0, 0.1) is 12.3 Å². The molecule has 21 heavy (non-hydrogen) atoms. The number of guanidine groups is 1. The molecule has 0 radical (unpaired) electrons. The van der Waals surface area contributed by atoms with E-state index >= 15 is 0 Å². The first-order valence-electron chi connectivity index (χ1n) is 6.12. The molecule has 1 heterocycles. The number of ether oxygens (including phenoxy) is 3. The van der Waals surface area contributed by atoms with Crippen molar-refractivity contribution in [3.05, 3.63) is 54.4 Å². The first kappa shape index (κ1) is 14.4. The zero-order chi connectivity index (χ0) is 15.2. The Kier molecular flexibility index (Phi) is 4.45. The van der Waals surface area contributed by atoms with Gasteiger partial charge in [-0.05, 0) is 19.1 Å². The predicted octanol–water partition coefficient (Wildman–Crippen LogP) is 1.11. The standard InChI is InChI=1S/C14H15N3O4/c1-9-2-4-10(5-3-9)21-13(18)12(17-14(15)16)11-8-19-6-7-20-11/h2-8,12H,1H3,(H4,15,16,17). The average Bonchev–Trinajstić information content (AvgIpc) is 2.48. The van der Waals surface area contributed by atoms with E-state index in [1.165, 1.54) is 18.8 Å². The Hall–Kier alpha value is -2.96. The van der Waals surface area contributed by atoms with Crippen molar-refractivity contribution in [2.24, 2.45) is 5.73 Å². The van der Waals surface area contributed by atoms with Gasteiger partial charge in [-0.3, -0.25) is 5.41 Å². The zero-order valence-corrected chi connectivity index (χ0v) is 11.3. The van der Waals surface area contributed by atoms with Crippen LogP contribution in [0.5, 0.6) is 5.75 Å². The van der Waals surface area contributed by atoms with Gasteiger partial charge in [0.2, 0.25) is 0 Å². The van der Waals surface area contributed by atoms with Crippen molar-refractivity contribution < 1.29 is 19.0 Å². The SMILES string of the molecule is Cc1ccc(OC(=O)C(NC(=N)N)C2=COC=CO2)cc1. The van der Waals surface area contributed by atoms with Crippen LogP contribution in [0.1, 0.15) is 5.56 Å². The van der Waals surface area contributed by atoms with Crippen molar-refractivity contribution >= 4 is 11.9 Å². The molecule has 0 aromatic heterocycles. The number of carbonyl (C=O) groups is 1. The summed E-state index contributed by atoms with van der Waals surface area (Å²) in [5.74, 6) is -0.530. The topological polar surface area (TPSA) is 107 Å². The van der Waals surface area contributed by atoms with Gasteiger partial charge in [0.1, 0.15) is 24.5 Å². The molecule has 110 valence electrons. The molecule has 1 atom stereocenters. The van der Waals surface area contributed by atoms with Gasteiger partial charge < -0.3 is 25.3 Å². The van der Waals surface area contributed by atoms with Crippen LogP contribution < -0.4 is 15.8 Å². The van der Waals surface area contributed by atoms with Crippen LogP contribution in [0.3, 0.4) is 0 Å². The van der Waals surface area contributed by atoms with Crippen LogP contribution >= 0.6 is 0 Å². The molecule has 1 unspecified atom stereocenters. The van der Waals surface area contributed by atoms with Gasteiger partial charge in [0.05, 0.1) is 0 Å². The van der Waals surface area contributed by atoms with Crippen LogP contribution in [0.25, 0.3) is 0 Å². The van der Waals surface area contributed by atoms with E-state index in [4.69, 9.17) is 25.4 Å². The fourth-order valence-corrected chi connectivity index (χ4v) is 1.59. The Balaban J connectivity index is 2.12. The minimum atomic E-state index is -1.08. The summed E-state index contributed by atoms with van der Waals surface area (Å²) in [4.78, 5) is 12.2. The lowest BCUT2D eigenvalue weighted by Crippen LogP contribution is -2.47. The minimum Gasteiger partial charge on any atom is -0.466 e. The van der Waals surface area contributed by atoms with Crippen LogP contribution in [-0.4, -0.2) is 18.0 Å². The lowest BCUT2D eigenvalue weighted by atomic mass is 10.2. The van der Waals surface area contributed by atoms with Crippen LogP contribution in [0.2, 0.25) is 0 Å². The molecule has 0 bridgehead atoms. The Morgan fingerprint density at radius 3 is 2.62 bits per heavy atom. The maximum absolute atomic E-state index is 12.2. The number of benzene rings is 1. The molecule has 0 spiro atoms. The minimum absolute atomic E-state index is 0.143. The Morgan fingerprint density at radius 1 is 1.33 bits per heavy atom. The molecule has 1 aromatic rings. The molecular formula is C14H15N3O4. The van der Waals surface area contributed by atoms with Crippen LogP contribution in [0.15, 0.2) is 48.8 Å². The summed E-state index contributed by atoms with van der Waals surface area (Å²) in [7, 11) is 0. The van der Waals surface area contributed by atoms with E-state index < -0.39 is 12.0 Å². The lowest BCUT2D eigenvalue weighted by Gasteiger charge is -2.20. The monoisotopic (exact) mass is 289 g/mol. The van der Waals surface area contributed by atoms with Crippen molar-refractivity contribution in [1.82, 2.24) is 5.32 Å². The number of aryl methyl sites for hydroxylation is 1. The summed E-state index contributed by atoms with van der Waals surface area (Å²) >= 11 is 0. The van der Waals surface area contributed by atoms with Crippen molar-refractivity contribution in [1.29, 1.82) is 5.41 Å². The van der Waals surface area contributed by atoms with Gasteiger partial charge >= 0.3 is 5.97 Å². The summed E-state index contributed by atoms with van der Waals surface area (Å²) in [6, 6.07) is 5.90. The van der Waals surface area contributed by atoms with E-state index in [9.17, 15) is 4.79 Å². The first-order valence-corrected chi connectivity index (χ1v) is 6.12. The maximum Gasteiger partial charge on any atom is 0.342 e. The summed E-state index contributed by atoms with van der Waals surface area (Å²) in [6.07, 6.45) is 3.81. The van der Waals surface area contributed by atoms with Gasteiger partial charge in [0.25, 0.3) is 0 Å². The first-order chi connectivity index (χ1) is 10.1. The fourth-order valence-electron chi connectivity index (χ4n) is 1.59. The second kappa shape index (κ2) is 6.47. The smallest absolute Gasteiger partial charge is 0.342 e. The van der Waals surface area contributed by atoms with Crippen molar-refractivity contribution in [3.8, 4) is 5.75 Å². The van der Waals surface area contributed by atoms with Crippen LogP contribution in [0.4, 0.5) is 0 Å². The Labute approximate surface area is 121 Å². The number of carbonyl (C=O) groups excluding carboxylic acids is 1. The highest BCUT2D eigenvalue weighted by molar-refractivity contribution is 5.87. The molecule has 0 aliphatic carbocycles. The molecule has 2 rings (SSSR count). The van der Waals surface area contributed by atoms with E-state index in [2.05, 4.69) is 5.32 Å². The molecule has 7 nitrogen and oxygen atoms in total. The molecule has 1 aliphatic heterocycles. The van der Waals surface area contributed by atoms with Crippen molar-refractivity contribution in [3.63, 3.8) is 0 Å². The molecular weight excluding hydrogens is 274 g/mol. The second-order valence-corrected chi connectivity index (χ2v) is 4.27. The van der Waals surface area contributed by atoms with Crippen molar-refractivity contribution in [2.45, 2.75) is 13.0 Å². The van der Waals surface area contributed by atoms with E-state index in [0.717, 1.165) is 5.56 Å². The maximum atomic E-state index is 12.2. The second-order valence-electron chi connectivity index (χ2n) is 4.27. The third kappa shape index (κ3) is 4.00. The number of hydrogen-bond acceptors (Lipinski definition) is 5. The van der Waals surface area contributed by atoms with Gasteiger partial charge in [-0.25, -0.2) is 4.79 Å². The molecule has 0 saturated heterocycles. The van der Waals surface area contributed by atoms with E-state index in [0.29, 0.717) is 5.75 Å². The van der Waals surface area contributed by atoms with Crippen molar-refractivity contribution in [2.75, 3.05) is 0 Å². The molecule has 7 heteroatoms. The van der Waals surface area contributed by atoms with Gasteiger partial charge in [-0.2, -0.15) is 0 Å². The van der Waals surface area contributed by atoms with Crippen LogP contribution in [-0.2, 0) is 14.3 Å². The summed E-state index contributed by atoms with van der Waals surface area (Å²) in [6.45, 7) is 1.93. The third-order valence-corrected chi connectivity index (χ3v) is 2.58. The van der Waals surface area contributed by atoms with Gasteiger partial charge in [0.15, 0.2) is 17.8 Å². The Morgan fingerprint density at radius 2 is 2.05 bits per heavy atom. The van der Waals surface area contributed by atoms with E-state index in [1.54, 1.807) is 12.1 Å². The average molecular weight is 289 g/mol. The van der Waals surface area contributed by atoms with Gasteiger partial charge in [-0.15, -0.1) is 0 Å². The summed E-state index contributed by atoms with van der Waals surface area (Å²) in [5.41, 5.74) is 6.32. The number of hydrogen-bond donors (Lipinski definition) is 3. The molecule has 1 aromatic carbocycles. The number of nitrogens with two attached hydrogens (primary N) is 1. The fraction of sp³-hybridized carbons (Fsp3) is 0.143. The summed E-state index contributed by atoms with van der Waals surface area (Å²) < 4.78 is 15.3. The molecule has 0 fully saturated rings. The van der Waals surface area contributed by atoms with Gasteiger partial charge in [-0.1, -0.05) is 17.7 Å². The molecule has 4 N–H and O–H groups in total. The third-order valence-electron chi connectivity index (χ3n) is 2.58. The van der Waals surface area contributed by atoms with Gasteiger partial charge in [0, 0.05) is 0 Å². The number of rotatable bonds is 4. The molecule has 0 amide bonds. The predicted molar refractivity (Wildman–Crippen MR) is 75.0 cm³/mol. The number of esters is 1. The number of nitrogens with one attached hydrogen (secondary N) is 2. The zero-order valence-electron chi connectivity index (χ0n) is 11.3. The quantitative estimate of drug-likeness (QED) is 0.332. The molecule has 0 saturated carbocycles. The van der Waals surface area contributed by atoms with E-state index in [1.807, 2.05) is 19.1 Å². The normalized spacial score (nSPS) is 14.2. The lowest BCUT2D eigenvalue weighted by molar-refractivity contribution is -0.136.